The maximum Gasteiger partial charge on any atom is 0.349 e. The Bertz CT molecular complexity index is 1320. The van der Waals surface area contributed by atoms with E-state index in [2.05, 4.69) is 10.9 Å². The Morgan fingerprint density at radius 1 is 1.03 bits per heavy atom. The maximum absolute atomic E-state index is 12.4. The number of hydrazine groups is 1. The molecule has 0 spiro atoms. The average Bonchev–Trinajstić information content (AvgIpc) is 3.17. The molecule has 0 saturated carbocycles. The molecular weight excluding hydrogens is 460 g/mol. The number of amides is 2. The van der Waals surface area contributed by atoms with Crippen LogP contribution in [0.3, 0.4) is 0 Å². The van der Waals surface area contributed by atoms with E-state index in [9.17, 15) is 19.6 Å². The van der Waals surface area contributed by atoms with E-state index in [0.29, 0.717) is 17.7 Å². The molecule has 0 aliphatic carbocycles. The van der Waals surface area contributed by atoms with Gasteiger partial charge in [-0.25, -0.2) is 4.79 Å². The Hall–Kier alpha value is -4.84. The SMILES string of the molecule is CCOc1ccc(-n2c(C)cc(/C=C(/C#N)C(=O)OCC(=O)NNC(=O)c3ccccc3)c2C)cc1. The number of nitrogens with one attached hydrogen (secondary N) is 2. The van der Waals surface area contributed by atoms with Gasteiger partial charge in [0, 0.05) is 22.6 Å². The molecule has 36 heavy (non-hydrogen) atoms. The van der Waals surface area contributed by atoms with Crippen molar-refractivity contribution in [2.24, 2.45) is 0 Å². The summed E-state index contributed by atoms with van der Waals surface area (Å²) >= 11 is 0. The zero-order valence-electron chi connectivity index (χ0n) is 20.2. The molecule has 0 atom stereocenters. The molecule has 3 rings (SSSR count). The van der Waals surface area contributed by atoms with Crippen LogP contribution in [-0.4, -0.2) is 35.6 Å². The summed E-state index contributed by atoms with van der Waals surface area (Å²) in [5.41, 5.74) is 7.77. The third kappa shape index (κ3) is 6.39. The molecule has 0 aliphatic heterocycles. The van der Waals surface area contributed by atoms with E-state index in [0.717, 1.165) is 22.8 Å². The van der Waals surface area contributed by atoms with E-state index in [1.54, 1.807) is 30.3 Å². The number of hydrogen-bond donors (Lipinski definition) is 2. The van der Waals surface area contributed by atoms with Gasteiger partial charge in [-0.15, -0.1) is 0 Å². The molecule has 2 N–H and O–H groups in total. The van der Waals surface area contributed by atoms with E-state index in [1.165, 1.54) is 6.08 Å². The van der Waals surface area contributed by atoms with Crippen molar-refractivity contribution in [1.82, 2.24) is 15.4 Å². The number of benzene rings is 2. The summed E-state index contributed by atoms with van der Waals surface area (Å²) in [6.45, 7) is 5.61. The lowest BCUT2D eigenvalue weighted by Crippen LogP contribution is -2.43. The molecule has 0 aliphatic rings. The van der Waals surface area contributed by atoms with Crippen LogP contribution >= 0.6 is 0 Å². The first-order chi connectivity index (χ1) is 17.3. The van der Waals surface area contributed by atoms with Crippen LogP contribution in [-0.2, 0) is 14.3 Å². The molecule has 1 aromatic heterocycles. The van der Waals surface area contributed by atoms with Crippen LogP contribution in [0.2, 0.25) is 0 Å². The Morgan fingerprint density at radius 3 is 2.36 bits per heavy atom. The first-order valence-electron chi connectivity index (χ1n) is 11.2. The van der Waals surface area contributed by atoms with Crippen LogP contribution in [0.5, 0.6) is 5.75 Å². The van der Waals surface area contributed by atoms with E-state index in [-0.39, 0.29) is 5.57 Å². The summed E-state index contributed by atoms with van der Waals surface area (Å²) in [7, 11) is 0. The lowest BCUT2D eigenvalue weighted by molar-refractivity contribution is -0.144. The predicted molar refractivity (Wildman–Crippen MR) is 133 cm³/mol. The van der Waals surface area contributed by atoms with Crippen molar-refractivity contribution in [3.8, 4) is 17.5 Å². The molecule has 0 fully saturated rings. The predicted octanol–water partition coefficient (Wildman–Crippen LogP) is 3.40. The van der Waals surface area contributed by atoms with Crippen LogP contribution in [0.1, 0.15) is 34.2 Å². The monoisotopic (exact) mass is 486 g/mol. The molecule has 0 bridgehead atoms. The van der Waals surface area contributed by atoms with Crippen molar-refractivity contribution in [1.29, 1.82) is 5.26 Å². The smallest absolute Gasteiger partial charge is 0.349 e. The van der Waals surface area contributed by atoms with Crippen LogP contribution < -0.4 is 15.6 Å². The number of esters is 1. The van der Waals surface area contributed by atoms with E-state index >= 15 is 0 Å². The molecule has 1 heterocycles. The average molecular weight is 487 g/mol. The van der Waals surface area contributed by atoms with Crippen LogP contribution in [0.25, 0.3) is 11.8 Å². The molecule has 184 valence electrons. The van der Waals surface area contributed by atoms with Crippen molar-refractivity contribution < 1.29 is 23.9 Å². The van der Waals surface area contributed by atoms with Gasteiger partial charge in [0.2, 0.25) is 0 Å². The minimum atomic E-state index is -0.951. The van der Waals surface area contributed by atoms with Crippen molar-refractivity contribution in [2.75, 3.05) is 13.2 Å². The Labute approximate surface area is 208 Å². The van der Waals surface area contributed by atoms with Gasteiger partial charge < -0.3 is 14.0 Å². The van der Waals surface area contributed by atoms with Gasteiger partial charge in [0.1, 0.15) is 17.4 Å². The number of carbonyl (C=O) groups excluding carboxylic acids is 3. The second kappa shape index (κ2) is 12.0. The minimum absolute atomic E-state index is 0.261. The highest BCUT2D eigenvalue weighted by Gasteiger charge is 2.16. The second-order valence-electron chi connectivity index (χ2n) is 7.70. The van der Waals surface area contributed by atoms with Crippen LogP contribution in [0, 0.1) is 25.2 Å². The third-order valence-electron chi connectivity index (χ3n) is 5.20. The number of hydrogen-bond acceptors (Lipinski definition) is 6. The standard InChI is InChI=1S/C27H26N4O5/c1-4-35-24-12-10-23(11-13-24)31-18(2)14-21(19(31)3)15-22(16-28)27(34)36-17-25(32)29-30-26(33)20-8-6-5-7-9-20/h5-15H,4,17H2,1-3H3,(H,29,32)(H,30,33)/b22-15-. The zero-order valence-corrected chi connectivity index (χ0v) is 20.2. The fraction of sp³-hybridized carbons (Fsp3) is 0.185. The first-order valence-corrected chi connectivity index (χ1v) is 11.2. The number of rotatable bonds is 8. The minimum Gasteiger partial charge on any atom is -0.494 e. The molecular formula is C27H26N4O5. The Morgan fingerprint density at radius 2 is 1.72 bits per heavy atom. The molecule has 2 amide bonds. The lowest BCUT2D eigenvalue weighted by Gasteiger charge is -2.11. The summed E-state index contributed by atoms with van der Waals surface area (Å²) in [5, 5.41) is 9.49. The highest BCUT2D eigenvalue weighted by atomic mass is 16.5. The van der Waals surface area contributed by atoms with Gasteiger partial charge in [-0.05, 0) is 74.9 Å². The number of nitrogens with zero attached hydrogens (tertiary/aromatic N) is 2. The third-order valence-corrected chi connectivity index (χ3v) is 5.20. The number of aryl methyl sites for hydroxylation is 1. The van der Waals surface area contributed by atoms with Crippen molar-refractivity contribution in [3.63, 3.8) is 0 Å². The molecule has 0 radical (unpaired) electrons. The summed E-state index contributed by atoms with van der Waals surface area (Å²) in [4.78, 5) is 36.3. The molecule has 0 saturated heterocycles. The molecule has 9 nitrogen and oxygen atoms in total. The van der Waals surface area contributed by atoms with Crippen molar-refractivity contribution in [2.45, 2.75) is 20.8 Å². The van der Waals surface area contributed by atoms with Crippen molar-refractivity contribution in [3.05, 3.63) is 88.8 Å². The van der Waals surface area contributed by atoms with E-state index in [1.807, 2.05) is 61.7 Å². The maximum atomic E-state index is 12.4. The van der Waals surface area contributed by atoms with Gasteiger partial charge in [-0.3, -0.25) is 20.4 Å². The lowest BCUT2D eigenvalue weighted by atomic mass is 10.1. The topological polar surface area (TPSA) is 122 Å². The Kier molecular flexibility index (Phi) is 8.62. The molecule has 9 heteroatoms. The normalized spacial score (nSPS) is 10.8. The highest BCUT2D eigenvalue weighted by Crippen LogP contribution is 2.24. The Balaban J connectivity index is 1.64. The summed E-state index contributed by atoms with van der Waals surface area (Å²) in [6, 6.07) is 19.6. The number of aromatic nitrogens is 1. The number of carbonyl (C=O) groups is 3. The molecule has 2 aromatic carbocycles. The van der Waals surface area contributed by atoms with Gasteiger partial charge in [0.05, 0.1) is 6.61 Å². The number of ether oxygens (including phenoxy) is 2. The van der Waals surface area contributed by atoms with Gasteiger partial charge in [0.15, 0.2) is 6.61 Å². The largest absolute Gasteiger partial charge is 0.494 e. The first kappa shape index (κ1) is 25.8. The van der Waals surface area contributed by atoms with Crippen molar-refractivity contribution >= 4 is 23.9 Å². The fourth-order valence-electron chi connectivity index (χ4n) is 3.51. The van der Waals surface area contributed by atoms with E-state index < -0.39 is 24.4 Å². The van der Waals surface area contributed by atoms with Gasteiger partial charge in [-0.2, -0.15) is 5.26 Å². The van der Waals surface area contributed by atoms with E-state index in [4.69, 9.17) is 9.47 Å². The molecule has 3 aromatic rings. The summed E-state index contributed by atoms with van der Waals surface area (Å²) in [6.07, 6.45) is 1.42. The van der Waals surface area contributed by atoms with Crippen LogP contribution in [0.4, 0.5) is 0 Å². The number of nitriles is 1. The van der Waals surface area contributed by atoms with Gasteiger partial charge in [0.25, 0.3) is 11.8 Å². The summed E-state index contributed by atoms with van der Waals surface area (Å²) < 4.78 is 12.4. The fourth-order valence-corrected chi connectivity index (χ4v) is 3.51. The highest BCUT2D eigenvalue weighted by molar-refractivity contribution is 5.99. The quantitative estimate of drug-likeness (QED) is 0.218. The summed E-state index contributed by atoms with van der Waals surface area (Å²) in [5.74, 6) is -1.45. The van der Waals surface area contributed by atoms with Crippen LogP contribution in [0.15, 0.2) is 66.2 Å². The molecule has 0 unspecified atom stereocenters. The second-order valence-corrected chi connectivity index (χ2v) is 7.70. The van der Waals surface area contributed by atoms with Gasteiger partial charge >= 0.3 is 5.97 Å². The van der Waals surface area contributed by atoms with Gasteiger partial charge in [-0.1, -0.05) is 18.2 Å². The zero-order chi connectivity index (χ0) is 26.1.